The molecule has 0 heterocycles. The first-order valence-electron chi connectivity index (χ1n) is 5.90. The van der Waals surface area contributed by atoms with Crippen LogP contribution in [0.5, 0.6) is 0 Å². The van der Waals surface area contributed by atoms with Gasteiger partial charge in [0, 0.05) is 16.6 Å². The summed E-state index contributed by atoms with van der Waals surface area (Å²) in [5.41, 5.74) is 1.01. The molecule has 0 radical (unpaired) electrons. The van der Waals surface area contributed by atoms with Crippen LogP contribution in [-0.2, 0) is 4.79 Å². The molecule has 1 amide bonds. The SMILES string of the molecule is CCC(CC)NC(=O)/C=C/c1ccccc1Br. The lowest BCUT2D eigenvalue weighted by atomic mass is 10.1. The number of hydrogen-bond donors (Lipinski definition) is 1. The molecule has 1 aromatic rings. The van der Waals surface area contributed by atoms with Crippen LogP contribution in [0.3, 0.4) is 0 Å². The smallest absolute Gasteiger partial charge is 0.244 e. The lowest BCUT2D eigenvalue weighted by Crippen LogP contribution is -2.32. The van der Waals surface area contributed by atoms with Gasteiger partial charge in [0.25, 0.3) is 0 Å². The summed E-state index contributed by atoms with van der Waals surface area (Å²) in [6, 6.07) is 8.09. The molecule has 0 saturated carbocycles. The first kappa shape index (κ1) is 14.0. The van der Waals surface area contributed by atoms with Gasteiger partial charge in [-0.05, 0) is 30.5 Å². The van der Waals surface area contributed by atoms with E-state index in [1.807, 2.05) is 30.3 Å². The molecule has 1 rings (SSSR count). The standard InChI is InChI=1S/C14H18BrNO/c1-3-12(4-2)16-14(17)10-9-11-7-5-6-8-13(11)15/h5-10,12H,3-4H2,1-2H3,(H,16,17)/b10-9+. The van der Waals surface area contributed by atoms with E-state index in [0.717, 1.165) is 22.9 Å². The van der Waals surface area contributed by atoms with Crippen molar-refractivity contribution in [2.24, 2.45) is 0 Å². The number of hydrogen-bond acceptors (Lipinski definition) is 1. The molecule has 3 heteroatoms. The molecule has 0 fully saturated rings. The van der Waals surface area contributed by atoms with Crippen LogP contribution >= 0.6 is 15.9 Å². The Hall–Kier alpha value is -1.09. The minimum atomic E-state index is -0.0329. The van der Waals surface area contributed by atoms with E-state index in [-0.39, 0.29) is 11.9 Å². The van der Waals surface area contributed by atoms with E-state index in [4.69, 9.17) is 0 Å². The van der Waals surface area contributed by atoms with Crippen molar-refractivity contribution in [3.05, 3.63) is 40.4 Å². The molecule has 0 unspecified atom stereocenters. The second-order valence-electron chi connectivity index (χ2n) is 3.88. The van der Waals surface area contributed by atoms with Crippen molar-refractivity contribution in [1.29, 1.82) is 0 Å². The van der Waals surface area contributed by atoms with Crippen LogP contribution in [0.2, 0.25) is 0 Å². The monoisotopic (exact) mass is 295 g/mol. The number of halogens is 1. The number of amides is 1. The second-order valence-corrected chi connectivity index (χ2v) is 4.73. The highest BCUT2D eigenvalue weighted by Gasteiger charge is 2.04. The van der Waals surface area contributed by atoms with Crippen molar-refractivity contribution in [3.63, 3.8) is 0 Å². The normalized spacial score (nSPS) is 11.1. The molecule has 17 heavy (non-hydrogen) atoms. The fourth-order valence-electron chi connectivity index (χ4n) is 1.52. The minimum Gasteiger partial charge on any atom is -0.350 e. The van der Waals surface area contributed by atoms with E-state index in [1.165, 1.54) is 0 Å². The quantitative estimate of drug-likeness (QED) is 0.823. The van der Waals surface area contributed by atoms with Gasteiger partial charge in [-0.3, -0.25) is 4.79 Å². The maximum absolute atomic E-state index is 11.6. The number of benzene rings is 1. The molecule has 0 aliphatic rings. The molecule has 1 N–H and O–H groups in total. The average Bonchev–Trinajstić information content (AvgIpc) is 2.35. The van der Waals surface area contributed by atoms with Gasteiger partial charge >= 0.3 is 0 Å². The fourth-order valence-corrected chi connectivity index (χ4v) is 1.93. The molecule has 0 bridgehead atoms. The summed E-state index contributed by atoms with van der Waals surface area (Å²) < 4.78 is 0.992. The van der Waals surface area contributed by atoms with Crippen LogP contribution in [0.4, 0.5) is 0 Å². The van der Waals surface area contributed by atoms with Gasteiger partial charge < -0.3 is 5.32 Å². The number of rotatable bonds is 5. The highest BCUT2D eigenvalue weighted by atomic mass is 79.9. The zero-order valence-electron chi connectivity index (χ0n) is 10.2. The highest BCUT2D eigenvalue weighted by molar-refractivity contribution is 9.10. The molecule has 0 spiro atoms. The Morgan fingerprint density at radius 3 is 2.59 bits per heavy atom. The molecule has 2 nitrogen and oxygen atoms in total. The van der Waals surface area contributed by atoms with Crippen molar-refractivity contribution < 1.29 is 4.79 Å². The Morgan fingerprint density at radius 2 is 2.00 bits per heavy atom. The minimum absolute atomic E-state index is 0.0329. The Kier molecular flexibility index (Phi) is 5.98. The first-order chi connectivity index (χ1) is 8.17. The van der Waals surface area contributed by atoms with Crippen molar-refractivity contribution >= 4 is 27.9 Å². The third kappa shape index (κ3) is 4.73. The predicted molar refractivity (Wildman–Crippen MR) is 75.7 cm³/mol. The number of nitrogens with one attached hydrogen (secondary N) is 1. The largest absolute Gasteiger partial charge is 0.350 e. The Labute approximate surface area is 111 Å². The lowest BCUT2D eigenvalue weighted by Gasteiger charge is -2.12. The summed E-state index contributed by atoms with van der Waals surface area (Å²) >= 11 is 3.44. The summed E-state index contributed by atoms with van der Waals surface area (Å²) in [6.07, 6.45) is 5.33. The highest BCUT2D eigenvalue weighted by Crippen LogP contribution is 2.16. The van der Waals surface area contributed by atoms with E-state index in [0.29, 0.717) is 0 Å². The van der Waals surface area contributed by atoms with Crippen LogP contribution in [0, 0.1) is 0 Å². The topological polar surface area (TPSA) is 29.1 Å². The molecule has 92 valence electrons. The van der Waals surface area contributed by atoms with E-state index < -0.39 is 0 Å². The molecular weight excluding hydrogens is 278 g/mol. The summed E-state index contributed by atoms with van der Waals surface area (Å²) in [7, 11) is 0. The molecule has 0 atom stereocenters. The Balaban J connectivity index is 2.60. The third-order valence-corrected chi connectivity index (χ3v) is 3.37. The van der Waals surface area contributed by atoms with E-state index in [1.54, 1.807) is 6.08 Å². The van der Waals surface area contributed by atoms with Gasteiger partial charge in [0.2, 0.25) is 5.91 Å². The van der Waals surface area contributed by atoms with Crippen LogP contribution in [-0.4, -0.2) is 11.9 Å². The zero-order valence-corrected chi connectivity index (χ0v) is 11.8. The van der Waals surface area contributed by atoms with Gasteiger partial charge in [0.15, 0.2) is 0 Å². The number of carbonyl (C=O) groups excluding carboxylic acids is 1. The second kappa shape index (κ2) is 7.28. The van der Waals surface area contributed by atoms with Gasteiger partial charge in [0.05, 0.1) is 0 Å². The zero-order chi connectivity index (χ0) is 12.7. The van der Waals surface area contributed by atoms with Crippen molar-refractivity contribution in [2.75, 3.05) is 0 Å². The molecule has 0 aromatic heterocycles. The molecule has 1 aromatic carbocycles. The van der Waals surface area contributed by atoms with Crippen molar-refractivity contribution in [1.82, 2.24) is 5.32 Å². The summed E-state index contributed by atoms with van der Waals surface area (Å²) in [5.74, 6) is -0.0329. The lowest BCUT2D eigenvalue weighted by molar-refractivity contribution is -0.117. The maximum Gasteiger partial charge on any atom is 0.244 e. The average molecular weight is 296 g/mol. The predicted octanol–water partition coefficient (Wildman–Crippen LogP) is 3.77. The van der Waals surface area contributed by atoms with Gasteiger partial charge in [-0.1, -0.05) is 48.0 Å². The molecular formula is C14H18BrNO. The Bertz CT molecular complexity index is 397. The van der Waals surface area contributed by atoms with Crippen LogP contribution in [0.25, 0.3) is 6.08 Å². The van der Waals surface area contributed by atoms with Crippen molar-refractivity contribution in [2.45, 2.75) is 32.7 Å². The van der Waals surface area contributed by atoms with Crippen LogP contribution in [0.1, 0.15) is 32.3 Å². The maximum atomic E-state index is 11.6. The molecule has 0 aliphatic carbocycles. The van der Waals surface area contributed by atoms with Crippen LogP contribution < -0.4 is 5.32 Å². The van der Waals surface area contributed by atoms with Gasteiger partial charge in [0.1, 0.15) is 0 Å². The summed E-state index contributed by atoms with van der Waals surface area (Å²) in [5, 5.41) is 2.97. The van der Waals surface area contributed by atoms with Gasteiger partial charge in [-0.2, -0.15) is 0 Å². The van der Waals surface area contributed by atoms with E-state index in [2.05, 4.69) is 35.1 Å². The summed E-state index contributed by atoms with van der Waals surface area (Å²) in [4.78, 5) is 11.6. The van der Waals surface area contributed by atoms with E-state index in [9.17, 15) is 4.79 Å². The fraction of sp³-hybridized carbons (Fsp3) is 0.357. The Morgan fingerprint density at radius 1 is 1.35 bits per heavy atom. The van der Waals surface area contributed by atoms with Crippen LogP contribution in [0.15, 0.2) is 34.8 Å². The van der Waals surface area contributed by atoms with Crippen molar-refractivity contribution in [3.8, 4) is 0 Å². The molecule has 0 saturated heterocycles. The number of carbonyl (C=O) groups is 1. The first-order valence-corrected chi connectivity index (χ1v) is 6.69. The molecule has 0 aliphatic heterocycles. The summed E-state index contributed by atoms with van der Waals surface area (Å²) in [6.45, 7) is 4.15. The van der Waals surface area contributed by atoms with Gasteiger partial charge in [-0.15, -0.1) is 0 Å². The third-order valence-electron chi connectivity index (χ3n) is 2.65. The van der Waals surface area contributed by atoms with E-state index >= 15 is 0 Å². The van der Waals surface area contributed by atoms with Gasteiger partial charge in [-0.25, -0.2) is 0 Å².